The summed E-state index contributed by atoms with van der Waals surface area (Å²) in [6.07, 6.45) is 1.03. The third-order valence-electron chi connectivity index (χ3n) is 3.76. The first-order valence-electron chi connectivity index (χ1n) is 7.55. The van der Waals surface area contributed by atoms with E-state index in [0.717, 1.165) is 31.0 Å². The van der Waals surface area contributed by atoms with Crippen LogP contribution in [-0.4, -0.2) is 23.4 Å². The van der Waals surface area contributed by atoms with Crippen molar-refractivity contribution in [2.45, 2.75) is 40.3 Å². The Bertz CT molecular complexity index is 572. The van der Waals surface area contributed by atoms with Gasteiger partial charge in [-0.2, -0.15) is 5.10 Å². The molecule has 1 heterocycles. The van der Waals surface area contributed by atoms with Gasteiger partial charge in [-0.05, 0) is 50.6 Å². The molecule has 0 spiro atoms. The van der Waals surface area contributed by atoms with Crippen LogP contribution in [-0.2, 0) is 19.5 Å². The SMILES string of the molecule is CCc1c(C)nn(CCOc2ccc(CNC)cc2)c1C. The zero-order valence-electron chi connectivity index (χ0n) is 13.4. The lowest BCUT2D eigenvalue weighted by atomic mass is 10.1. The van der Waals surface area contributed by atoms with Gasteiger partial charge in [-0.15, -0.1) is 0 Å². The molecule has 0 saturated carbocycles. The number of nitrogens with zero attached hydrogens (tertiary/aromatic N) is 2. The van der Waals surface area contributed by atoms with E-state index >= 15 is 0 Å². The van der Waals surface area contributed by atoms with Crippen molar-refractivity contribution < 1.29 is 4.74 Å². The molecule has 2 rings (SSSR count). The fraction of sp³-hybridized carbons (Fsp3) is 0.471. The van der Waals surface area contributed by atoms with Gasteiger partial charge in [0.25, 0.3) is 0 Å². The zero-order chi connectivity index (χ0) is 15.2. The zero-order valence-corrected chi connectivity index (χ0v) is 13.4. The molecule has 0 fully saturated rings. The molecule has 2 aromatic rings. The molecule has 4 heteroatoms. The first kappa shape index (κ1) is 15.6. The summed E-state index contributed by atoms with van der Waals surface area (Å²) in [7, 11) is 1.95. The average Bonchev–Trinajstić information content (AvgIpc) is 2.75. The standard InChI is InChI=1S/C17H25N3O/c1-5-17-13(2)19-20(14(17)3)10-11-21-16-8-6-15(7-9-16)12-18-4/h6-9,18H,5,10-12H2,1-4H3. The largest absolute Gasteiger partial charge is 0.492 e. The normalized spacial score (nSPS) is 10.9. The van der Waals surface area contributed by atoms with Crippen LogP contribution in [0, 0.1) is 13.8 Å². The van der Waals surface area contributed by atoms with Gasteiger partial charge < -0.3 is 10.1 Å². The molecule has 0 aliphatic rings. The van der Waals surface area contributed by atoms with Gasteiger partial charge in [0.15, 0.2) is 0 Å². The summed E-state index contributed by atoms with van der Waals surface area (Å²) in [5.74, 6) is 0.909. The molecule has 0 radical (unpaired) electrons. The van der Waals surface area contributed by atoms with Crippen LogP contribution >= 0.6 is 0 Å². The maximum absolute atomic E-state index is 5.80. The number of benzene rings is 1. The van der Waals surface area contributed by atoms with E-state index in [9.17, 15) is 0 Å². The number of ether oxygens (including phenoxy) is 1. The molecule has 21 heavy (non-hydrogen) atoms. The fourth-order valence-electron chi connectivity index (χ4n) is 2.62. The van der Waals surface area contributed by atoms with E-state index in [1.807, 2.05) is 23.9 Å². The van der Waals surface area contributed by atoms with Crippen LogP contribution in [0.5, 0.6) is 5.75 Å². The number of hydrogen-bond acceptors (Lipinski definition) is 3. The number of nitrogens with one attached hydrogen (secondary N) is 1. The summed E-state index contributed by atoms with van der Waals surface area (Å²) < 4.78 is 7.84. The van der Waals surface area contributed by atoms with Crippen molar-refractivity contribution in [2.24, 2.45) is 0 Å². The summed E-state index contributed by atoms with van der Waals surface area (Å²) in [6.45, 7) is 8.67. The van der Waals surface area contributed by atoms with Gasteiger partial charge in [0.2, 0.25) is 0 Å². The first-order chi connectivity index (χ1) is 10.2. The van der Waals surface area contributed by atoms with E-state index in [1.165, 1.54) is 16.8 Å². The molecule has 0 atom stereocenters. The molecule has 0 amide bonds. The molecule has 114 valence electrons. The molecule has 0 bridgehead atoms. The maximum atomic E-state index is 5.80. The van der Waals surface area contributed by atoms with Crippen LogP contribution in [0.2, 0.25) is 0 Å². The lowest BCUT2D eigenvalue weighted by molar-refractivity contribution is 0.289. The van der Waals surface area contributed by atoms with Gasteiger partial charge in [-0.1, -0.05) is 19.1 Å². The molecule has 0 saturated heterocycles. The third kappa shape index (κ3) is 3.85. The van der Waals surface area contributed by atoms with Crippen molar-refractivity contribution in [1.82, 2.24) is 15.1 Å². The lowest BCUT2D eigenvalue weighted by Crippen LogP contribution is -2.11. The predicted molar refractivity (Wildman–Crippen MR) is 85.8 cm³/mol. The van der Waals surface area contributed by atoms with Gasteiger partial charge in [-0.3, -0.25) is 4.68 Å². The molecule has 0 aliphatic heterocycles. The highest BCUT2D eigenvalue weighted by Gasteiger charge is 2.09. The summed E-state index contributed by atoms with van der Waals surface area (Å²) in [5.41, 5.74) is 5.00. The molecular formula is C17H25N3O. The van der Waals surface area contributed by atoms with E-state index in [1.54, 1.807) is 0 Å². The molecule has 1 aromatic heterocycles. The molecule has 1 N–H and O–H groups in total. The molecule has 1 aromatic carbocycles. The Hall–Kier alpha value is -1.81. The minimum atomic E-state index is 0.635. The first-order valence-corrected chi connectivity index (χ1v) is 7.55. The van der Waals surface area contributed by atoms with Gasteiger partial charge in [-0.25, -0.2) is 0 Å². The Labute approximate surface area is 127 Å². The van der Waals surface area contributed by atoms with Crippen LogP contribution in [0.25, 0.3) is 0 Å². The Morgan fingerprint density at radius 3 is 2.48 bits per heavy atom. The second-order valence-electron chi connectivity index (χ2n) is 5.25. The van der Waals surface area contributed by atoms with Crippen molar-refractivity contribution >= 4 is 0 Å². The average molecular weight is 287 g/mol. The topological polar surface area (TPSA) is 39.1 Å². The predicted octanol–water partition coefficient (Wildman–Crippen LogP) is 2.86. The van der Waals surface area contributed by atoms with Crippen molar-refractivity contribution in [1.29, 1.82) is 0 Å². The number of hydrogen-bond donors (Lipinski definition) is 1. The van der Waals surface area contributed by atoms with Gasteiger partial charge in [0, 0.05) is 12.2 Å². The van der Waals surface area contributed by atoms with E-state index < -0.39 is 0 Å². The Balaban J connectivity index is 1.89. The second-order valence-corrected chi connectivity index (χ2v) is 5.25. The second kappa shape index (κ2) is 7.27. The van der Waals surface area contributed by atoms with Crippen LogP contribution in [0.4, 0.5) is 0 Å². The van der Waals surface area contributed by atoms with Gasteiger partial charge >= 0.3 is 0 Å². The van der Waals surface area contributed by atoms with Gasteiger partial charge in [0.05, 0.1) is 12.2 Å². The van der Waals surface area contributed by atoms with Crippen LogP contribution in [0.3, 0.4) is 0 Å². The van der Waals surface area contributed by atoms with Gasteiger partial charge in [0.1, 0.15) is 12.4 Å². The highest BCUT2D eigenvalue weighted by molar-refractivity contribution is 5.27. The van der Waals surface area contributed by atoms with Crippen LogP contribution in [0.15, 0.2) is 24.3 Å². The Kier molecular flexibility index (Phi) is 5.39. The molecule has 0 aliphatic carbocycles. The van der Waals surface area contributed by atoms with Crippen LogP contribution < -0.4 is 10.1 Å². The quantitative estimate of drug-likeness (QED) is 0.851. The summed E-state index contributed by atoms with van der Waals surface area (Å²) in [4.78, 5) is 0. The maximum Gasteiger partial charge on any atom is 0.119 e. The molecule has 0 unspecified atom stereocenters. The van der Waals surface area contributed by atoms with Crippen LogP contribution in [0.1, 0.15) is 29.4 Å². The monoisotopic (exact) mass is 287 g/mol. The van der Waals surface area contributed by atoms with Crippen molar-refractivity contribution in [3.05, 3.63) is 46.8 Å². The third-order valence-corrected chi connectivity index (χ3v) is 3.76. The van der Waals surface area contributed by atoms with Crippen molar-refractivity contribution in [3.63, 3.8) is 0 Å². The summed E-state index contributed by atoms with van der Waals surface area (Å²) >= 11 is 0. The Morgan fingerprint density at radius 1 is 1.19 bits per heavy atom. The Morgan fingerprint density at radius 2 is 1.90 bits per heavy atom. The number of aromatic nitrogens is 2. The summed E-state index contributed by atoms with van der Waals surface area (Å²) in [5, 5.41) is 7.71. The minimum Gasteiger partial charge on any atom is -0.492 e. The number of aryl methyl sites for hydroxylation is 1. The molecule has 4 nitrogen and oxygen atoms in total. The number of rotatable bonds is 7. The summed E-state index contributed by atoms with van der Waals surface area (Å²) in [6, 6.07) is 8.21. The van der Waals surface area contributed by atoms with Crippen molar-refractivity contribution in [3.8, 4) is 5.75 Å². The minimum absolute atomic E-state index is 0.635. The van der Waals surface area contributed by atoms with E-state index in [4.69, 9.17) is 4.74 Å². The highest BCUT2D eigenvalue weighted by Crippen LogP contribution is 2.15. The highest BCUT2D eigenvalue weighted by atomic mass is 16.5. The van der Waals surface area contributed by atoms with Crippen molar-refractivity contribution in [2.75, 3.05) is 13.7 Å². The fourth-order valence-corrected chi connectivity index (χ4v) is 2.62. The lowest BCUT2D eigenvalue weighted by Gasteiger charge is -2.09. The smallest absolute Gasteiger partial charge is 0.119 e. The van der Waals surface area contributed by atoms with E-state index in [-0.39, 0.29) is 0 Å². The van der Waals surface area contributed by atoms with E-state index in [0.29, 0.717) is 6.61 Å². The van der Waals surface area contributed by atoms with E-state index in [2.05, 4.69) is 43.3 Å². The molecular weight excluding hydrogens is 262 g/mol.